The second-order valence-electron chi connectivity index (χ2n) is 4.49. The zero-order valence-corrected chi connectivity index (χ0v) is 11.7. The zero-order valence-electron chi connectivity index (χ0n) is 9.71. The fraction of sp³-hybridized carbons (Fsp3) is 1.00. The highest BCUT2D eigenvalue weighted by Gasteiger charge is 2.26. The Balaban J connectivity index is 2.21. The number of rotatable bonds is 7. The lowest BCUT2D eigenvalue weighted by atomic mass is 9.99. The van der Waals surface area contributed by atoms with E-state index in [-0.39, 0.29) is 5.60 Å². The molecule has 84 valence electrons. The minimum Gasteiger partial charge on any atom is -0.423 e. The molecule has 0 aromatic heterocycles. The van der Waals surface area contributed by atoms with E-state index in [2.05, 4.69) is 20.8 Å². The maximum Gasteiger partial charge on any atom is 0.146 e. The average molecular weight is 218 g/mol. The summed E-state index contributed by atoms with van der Waals surface area (Å²) in [5, 5.41) is 0. The molecule has 3 nitrogen and oxygen atoms in total. The van der Waals surface area contributed by atoms with Crippen molar-refractivity contribution < 1.29 is 13.9 Å². The topological polar surface area (TPSA) is 31.0 Å². The maximum absolute atomic E-state index is 5.76. The van der Waals surface area contributed by atoms with Crippen molar-refractivity contribution in [2.45, 2.75) is 51.4 Å². The molecule has 4 heteroatoms. The first-order chi connectivity index (χ1) is 6.57. The lowest BCUT2D eigenvalue weighted by Crippen LogP contribution is -2.31. The Morgan fingerprint density at radius 2 is 2.21 bits per heavy atom. The molecule has 1 aliphatic rings. The van der Waals surface area contributed by atoms with Gasteiger partial charge < -0.3 is 13.9 Å². The Labute approximate surface area is 89.7 Å². The number of hydrogen-bond acceptors (Lipinski definition) is 3. The molecule has 0 aromatic rings. The van der Waals surface area contributed by atoms with E-state index in [1.54, 1.807) is 0 Å². The van der Waals surface area contributed by atoms with Gasteiger partial charge in [-0.25, -0.2) is 0 Å². The van der Waals surface area contributed by atoms with Gasteiger partial charge in [0.15, 0.2) is 0 Å². The van der Waals surface area contributed by atoms with Crippen molar-refractivity contribution in [3.05, 3.63) is 0 Å². The highest BCUT2D eigenvalue weighted by atomic mass is 28.2. The highest BCUT2D eigenvalue weighted by molar-refractivity contribution is 5.98. The van der Waals surface area contributed by atoms with Gasteiger partial charge in [-0.15, -0.1) is 0 Å². The molecule has 0 amide bonds. The Hall–Kier alpha value is 0.0969. The van der Waals surface area contributed by atoms with E-state index in [0.29, 0.717) is 12.2 Å². The first-order valence-electron chi connectivity index (χ1n) is 5.35. The van der Waals surface area contributed by atoms with Crippen LogP contribution in [0.4, 0.5) is 0 Å². The molecule has 2 unspecified atom stereocenters. The third-order valence-corrected chi connectivity index (χ3v) is 3.75. The first kappa shape index (κ1) is 12.2. The van der Waals surface area contributed by atoms with Crippen molar-refractivity contribution in [3.63, 3.8) is 0 Å². The van der Waals surface area contributed by atoms with Gasteiger partial charge in [0.05, 0.1) is 24.9 Å². The molecule has 0 saturated carbocycles. The number of epoxide rings is 1. The van der Waals surface area contributed by atoms with E-state index in [1.807, 2.05) is 0 Å². The molecule has 0 bridgehead atoms. The van der Waals surface area contributed by atoms with Crippen LogP contribution in [0.5, 0.6) is 0 Å². The van der Waals surface area contributed by atoms with Crippen molar-refractivity contribution in [3.8, 4) is 0 Å². The largest absolute Gasteiger partial charge is 0.423 e. The second-order valence-corrected chi connectivity index (χ2v) is 4.90. The molecule has 1 rings (SSSR count). The Kier molecular flexibility index (Phi) is 4.57. The lowest BCUT2D eigenvalue weighted by molar-refractivity contribution is -0.0127. The standard InChI is InChI=1S/C10H22O3Si/c1-4-8(5-10(2,3)13-14)11-6-9-7-12-9/h8-9H,4-7H2,1-3,14H3. The summed E-state index contributed by atoms with van der Waals surface area (Å²) in [7, 11) is 0.788. The molecule has 1 fully saturated rings. The van der Waals surface area contributed by atoms with Crippen LogP contribution in [0.1, 0.15) is 33.6 Å². The number of hydrogen-bond donors (Lipinski definition) is 0. The number of ether oxygens (including phenoxy) is 2. The van der Waals surface area contributed by atoms with Crippen LogP contribution in [0.3, 0.4) is 0 Å². The molecule has 1 saturated heterocycles. The van der Waals surface area contributed by atoms with E-state index in [4.69, 9.17) is 13.9 Å². The molecular formula is C10H22O3Si. The van der Waals surface area contributed by atoms with E-state index < -0.39 is 0 Å². The molecule has 0 spiro atoms. The summed E-state index contributed by atoms with van der Waals surface area (Å²) < 4.78 is 16.4. The Morgan fingerprint density at radius 1 is 1.57 bits per heavy atom. The van der Waals surface area contributed by atoms with Crippen LogP contribution in [-0.2, 0) is 13.9 Å². The van der Waals surface area contributed by atoms with Crippen LogP contribution in [0, 0.1) is 0 Å². The molecular weight excluding hydrogens is 196 g/mol. The third-order valence-electron chi connectivity index (χ3n) is 2.65. The van der Waals surface area contributed by atoms with Crippen molar-refractivity contribution in [1.82, 2.24) is 0 Å². The molecule has 0 aromatic carbocycles. The van der Waals surface area contributed by atoms with E-state index in [0.717, 1.165) is 36.5 Å². The van der Waals surface area contributed by atoms with Crippen LogP contribution in [0.25, 0.3) is 0 Å². The highest BCUT2D eigenvalue weighted by Crippen LogP contribution is 2.20. The molecule has 0 radical (unpaired) electrons. The predicted octanol–water partition coefficient (Wildman–Crippen LogP) is 0.646. The second kappa shape index (κ2) is 5.26. The van der Waals surface area contributed by atoms with Crippen LogP contribution >= 0.6 is 0 Å². The fourth-order valence-electron chi connectivity index (χ4n) is 1.36. The summed E-state index contributed by atoms with van der Waals surface area (Å²) in [6.45, 7) is 8.02. The Bertz CT molecular complexity index is 169. The fourth-order valence-corrected chi connectivity index (χ4v) is 1.53. The average Bonchev–Trinajstić information content (AvgIpc) is 2.95. The van der Waals surface area contributed by atoms with Crippen LogP contribution < -0.4 is 0 Å². The van der Waals surface area contributed by atoms with E-state index in [1.165, 1.54) is 0 Å². The molecule has 14 heavy (non-hydrogen) atoms. The lowest BCUT2D eigenvalue weighted by Gasteiger charge is -2.28. The summed E-state index contributed by atoms with van der Waals surface area (Å²) in [6.07, 6.45) is 2.69. The molecule has 0 aliphatic carbocycles. The quantitative estimate of drug-likeness (QED) is 0.464. The van der Waals surface area contributed by atoms with Gasteiger partial charge in [-0.1, -0.05) is 6.92 Å². The van der Waals surface area contributed by atoms with Gasteiger partial charge in [-0.3, -0.25) is 0 Å². The summed E-state index contributed by atoms with van der Waals surface area (Å²) in [5.41, 5.74) is -0.0304. The Morgan fingerprint density at radius 3 is 2.64 bits per heavy atom. The van der Waals surface area contributed by atoms with E-state index >= 15 is 0 Å². The van der Waals surface area contributed by atoms with Gasteiger partial charge in [0.1, 0.15) is 16.6 Å². The SMILES string of the molecule is CCC(CC(C)(C)O[SiH3])OCC1CO1. The van der Waals surface area contributed by atoms with Crippen molar-refractivity contribution in [2.24, 2.45) is 0 Å². The summed E-state index contributed by atoms with van der Waals surface area (Å²) in [6, 6.07) is 0. The van der Waals surface area contributed by atoms with Crippen molar-refractivity contribution in [1.29, 1.82) is 0 Å². The molecule has 0 N–H and O–H groups in total. The van der Waals surface area contributed by atoms with E-state index in [9.17, 15) is 0 Å². The van der Waals surface area contributed by atoms with Gasteiger partial charge in [-0.2, -0.15) is 0 Å². The molecule has 2 atom stereocenters. The van der Waals surface area contributed by atoms with Gasteiger partial charge >= 0.3 is 0 Å². The van der Waals surface area contributed by atoms with Gasteiger partial charge in [-0.05, 0) is 20.3 Å². The summed E-state index contributed by atoms with van der Waals surface area (Å²) in [5.74, 6) is 0. The third kappa shape index (κ3) is 4.55. The first-order valence-corrected chi connectivity index (χ1v) is 6.17. The summed E-state index contributed by atoms with van der Waals surface area (Å²) >= 11 is 0. The minimum atomic E-state index is -0.0304. The van der Waals surface area contributed by atoms with Gasteiger partial charge in [0.2, 0.25) is 0 Å². The molecule has 1 heterocycles. The van der Waals surface area contributed by atoms with Crippen LogP contribution in [-0.4, -0.2) is 41.5 Å². The zero-order chi connectivity index (χ0) is 10.6. The van der Waals surface area contributed by atoms with Crippen molar-refractivity contribution in [2.75, 3.05) is 13.2 Å². The smallest absolute Gasteiger partial charge is 0.146 e. The van der Waals surface area contributed by atoms with Crippen LogP contribution in [0.15, 0.2) is 0 Å². The maximum atomic E-state index is 5.76. The predicted molar refractivity (Wildman–Crippen MR) is 59.5 cm³/mol. The summed E-state index contributed by atoms with van der Waals surface area (Å²) in [4.78, 5) is 0. The monoisotopic (exact) mass is 218 g/mol. The van der Waals surface area contributed by atoms with Crippen molar-refractivity contribution >= 4 is 10.5 Å². The van der Waals surface area contributed by atoms with Crippen LogP contribution in [0.2, 0.25) is 0 Å². The van der Waals surface area contributed by atoms with Gasteiger partial charge in [0.25, 0.3) is 0 Å². The van der Waals surface area contributed by atoms with Gasteiger partial charge in [0, 0.05) is 6.42 Å². The normalized spacial score (nSPS) is 23.8. The minimum absolute atomic E-state index is 0.0304. The molecule has 1 aliphatic heterocycles.